The summed E-state index contributed by atoms with van der Waals surface area (Å²) in [6.45, 7) is 3.98. The van der Waals surface area contributed by atoms with Crippen molar-refractivity contribution < 1.29 is 19.1 Å². The lowest BCUT2D eigenvalue weighted by Crippen LogP contribution is -2.45. The number of carbonyl (C=O) groups excluding carboxylic acids is 2. The molecule has 0 amide bonds. The highest BCUT2D eigenvalue weighted by Gasteiger charge is 2.66. The number of ketones is 1. The number of nitriles is 2. The van der Waals surface area contributed by atoms with Crippen LogP contribution >= 0.6 is 0 Å². The van der Waals surface area contributed by atoms with Gasteiger partial charge in [0.05, 0.1) is 31.1 Å². The van der Waals surface area contributed by atoms with Crippen molar-refractivity contribution in [3.63, 3.8) is 0 Å². The molecule has 22 heavy (non-hydrogen) atoms. The normalized spacial score (nSPS) is 33.2. The monoisotopic (exact) mass is 302 g/mol. The van der Waals surface area contributed by atoms with Gasteiger partial charge in [-0.15, -0.1) is 0 Å². The van der Waals surface area contributed by atoms with E-state index >= 15 is 0 Å². The van der Waals surface area contributed by atoms with Crippen LogP contribution in [0.25, 0.3) is 0 Å². The zero-order valence-corrected chi connectivity index (χ0v) is 12.7. The Morgan fingerprint density at radius 3 is 2.59 bits per heavy atom. The molecule has 0 aromatic heterocycles. The summed E-state index contributed by atoms with van der Waals surface area (Å²) in [6.07, 6.45) is 1.90. The van der Waals surface area contributed by atoms with Crippen LogP contribution in [-0.4, -0.2) is 25.0 Å². The minimum Gasteiger partial charge on any atom is -0.498 e. The molecule has 1 saturated carbocycles. The number of fused-ring (bicyclic) bond motifs is 1. The number of carbonyl (C=O) groups is 2. The van der Waals surface area contributed by atoms with Crippen LogP contribution in [0.1, 0.15) is 33.1 Å². The van der Waals surface area contributed by atoms with E-state index < -0.39 is 22.7 Å². The maximum atomic E-state index is 12.5. The van der Waals surface area contributed by atoms with Crippen molar-refractivity contribution in [2.24, 2.45) is 16.7 Å². The average molecular weight is 302 g/mol. The van der Waals surface area contributed by atoms with Gasteiger partial charge in [-0.05, 0) is 26.7 Å². The Kier molecular flexibility index (Phi) is 4.23. The summed E-state index contributed by atoms with van der Waals surface area (Å²) in [5, 5.41) is 19.2. The van der Waals surface area contributed by atoms with E-state index in [0.717, 1.165) is 0 Å². The molecule has 0 bridgehead atoms. The molecule has 3 atom stereocenters. The maximum Gasteiger partial charge on any atom is 0.326 e. The molecule has 0 heterocycles. The van der Waals surface area contributed by atoms with Gasteiger partial charge in [-0.3, -0.25) is 9.59 Å². The van der Waals surface area contributed by atoms with Crippen LogP contribution in [0.3, 0.4) is 0 Å². The quantitative estimate of drug-likeness (QED) is 0.735. The number of hydrogen-bond acceptors (Lipinski definition) is 6. The summed E-state index contributed by atoms with van der Waals surface area (Å²) in [5.41, 5.74) is -2.79. The van der Waals surface area contributed by atoms with Crippen molar-refractivity contribution in [3.05, 3.63) is 11.8 Å². The lowest BCUT2D eigenvalue weighted by Gasteiger charge is -2.36. The highest BCUT2D eigenvalue weighted by molar-refractivity contribution is 6.00. The summed E-state index contributed by atoms with van der Waals surface area (Å²) in [4.78, 5) is 24.8. The van der Waals surface area contributed by atoms with Gasteiger partial charge in [0.2, 0.25) is 0 Å². The molecular formula is C16H18N2O4. The Morgan fingerprint density at radius 1 is 1.32 bits per heavy atom. The SMILES string of the molecule is CCOC(=O)C1(C#N)CCC2(C#N)C(=O)C=C(OCC)CC21. The van der Waals surface area contributed by atoms with E-state index in [1.54, 1.807) is 13.8 Å². The molecule has 6 nitrogen and oxygen atoms in total. The van der Waals surface area contributed by atoms with E-state index in [-0.39, 0.29) is 31.7 Å². The molecule has 6 heteroatoms. The second kappa shape index (κ2) is 5.81. The Morgan fingerprint density at radius 2 is 2.05 bits per heavy atom. The van der Waals surface area contributed by atoms with Crippen LogP contribution in [0.2, 0.25) is 0 Å². The summed E-state index contributed by atoms with van der Waals surface area (Å²) in [6, 6.07) is 4.11. The van der Waals surface area contributed by atoms with Gasteiger partial charge in [0, 0.05) is 18.4 Å². The van der Waals surface area contributed by atoms with Crippen LogP contribution in [0.4, 0.5) is 0 Å². The maximum absolute atomic E-state index is 12.5. The summed E-state index contributed by atoms with van der Waals surface area (Å²) in [5.74, 6) is -1.33. The fraction of sp³-hybridized carbons (Fsp3) is 0.625. The van der Waals surface area contributed by atoms with Gasteiger partial charge in [0.1, 0.15) is 5.41 Å². The third-order valence-electron chi connectivity index (χ3n) is 4.61. The second-order valence-electron chi connectivity index (χ2n) is 5.55. The number of esters is 1. The van der Waals surface area contributed by atoms with Crippen LogP contribution in [0, 0.1) is 39.4 Å². The Balaban J connectivity index is 2.50. The van der Waals surface area contributed by atoms with Crippen molar-refractivity contribution in [1.82, 2.24) is 0 Å². The fourth-order valence-corrected chi connectivity index (χ4v) is 3.50. The van der Waals surface area contributed by atoms with E-state index in [1.165, 1.54) is 6.08 Å². The molecule has 2 aliphatic carbocycles. The van der Waals surface area contributed by atoms with Crippen LogP contribution < -0.4 is 0 Å². The van der Waals surface area contributed by atoms with E-state index in [1.807, 2.05) is 6.07 Å². The molecule has 116 valence electrons. The Labute approximate surface area is 129 Å². The van der Waals surface area contributed by atoms with Crippen molar-refractivity contribution in [1.29, 1.82) is 10.5 Å². The third-order valence-corrected chi connectivity index (χ3v) is 4.61. The minimum atomic E-state index is -1.46. The van der Waals surface area contributed by atoms with Crippen LogP contribution in [0.5, 0.6) is 0 Å². The zero-order valence-electron chi connectivity index (χ0n) is 12.7. The van der Waals surface area contributed by atoms with Gasteiger partial charge >= 0.3 is 5.97 Å². The van der Waals surface area contributed by atoms with Crippen molar-refractivity contribution >= 4 is 11.8 Å². The second-order valence-corrected chi connectivity index (χ2v) is 5.55. The van der Waals surface area contributed by atoms with Crippen molar-refractivity contribution in [3.8, 4) is 12.1 Å². The number of allylic oxidation sites excluding steroid dienone is 2. The number of ether oxygens (including phenoxy) is 2. The first-order valence-corrected chi connectivity index (χ1v) is 7.38. The van der Waals surface area contributed by atoms with Gasteiger partial charge < -0.3 is 9.47 Å². The smallest absolute Gasteiger partial charge is 0.326 e. The van der Waals surface area contributed by atoms with E-state index in [9.17, 15) is 20.1 Å². The molecule has 0 aliphatic heterocycles. The van der Waals surface area contributed by atoms with Gasteiger partial charge in [-0.25, -0.2) is 0 Å². The summed E-state index contributed by atoms with van der Waals surface area (Å²) >= 11 is 0. The average Bonchev–Trinajstić information content (AvgIpc) is 2.84. The first-order chi connectivity index (χ1) is 10.5. The first kappa shape index (κ1) is 16.0. The Bertz CT molecular complexity index is 613. The predicted octanol–water partition coefficient (Wildman–Crippen LogP) is 1.87. The van der Waals surface area contributed by atoms with E-state index in [2.05, 4.69) is 6.07 Å². The Hall–Kier alpha value is -2.34. The molecule has 0 N–H and O–H groups in total. The molecule has 1 fully saturated rings. The van der Waals surface area contributed by atoms with Gasteiger partial charge in [0.25, 0.3) is 0 Å². The molecule has 0 aromatic rings. The molecule has 2 aliphatic rings. The molecule has 0 radical (unpaired) electrons. The molecular weight excluding hydrogens is 284 g/mol. The van der Waals surface area contributed by atoms with Crippen LogP contribution in [-0.2, 0) is 19.1 Å². The van der Waals surface area contributed by atoms with Crippen molar-refractivity contribution in [2.45, 2.75) is 33.1 Å². The lowest BCUT2D eigenvalue weighted by atomic mass is 9.63. The van der Waals surface area contributed by atoms with Gasteiger partial charge in [-0.2, -0.15) is 10.5 Å². The topological polar surface area (TPSA) is 100 Å². The van der Waals surface area contributed by atoms with E-state index in [4.69, 9.17) is 9.47 Å². The number of hydrogen-bond donors (Lipinski definition) is 0. The zero-order chi connectivity index (χ0) is 16.4. The minimum absolute atomic E-state index is 0.149. The molecule has 0 saturated heterocycles. The number of nitrogens with zero attached hydrogens (tertiary/aromatic N) is 2. The molecule has 2 rings (SSSR count). The lowest BCUT2D eigenvalue weighted by molar-refractivity contribution is -0.155. The van der Waals surface area contributed by atoms with E-state index in [0.29, 0.717) is 12.4 Å². The first-order valence-electron chi connectivity index (χ1n) is 7.38. The van der Waals surface area contributed by atoms with Gasteiger partial charge in [0.15, 0.2) is 11.2 Å². The standard InChI is InChI=1S/C16H18N2O4/c1-3-21-11-7-12-15(9-17,13(19)8-11)5-6-16(12,10-18)14(20)22-4-2/h8,12H,3-7H2,1-2H3. The number of rotatable bonds is 4. The molecule has 3 unspecified atom stereocenters. The van der Waals surface area contributed by atoms with Crippen LogP contribution in [0.15, 0.2) is 11.8 Å². The summed E-state index contributed by atoms with van der Waals surface area (Å²) < 4.78 is 10.4. The molecule has 0 spiro atoms. The largest absolute Gasteiger partial charge is 0.498 e. The molecule has 0 aromatic carbocycles. The fourth-order valence-electron chi connectivity index (χ4n) is 3.50. The summed E-state index contributed by atoms with van der Waals surface area (Å²) in [7, 11) is 0. The highest BCUT2D eigenvalue weighted by atomic mass is 16.5. The third kappa shape index (κ3) is 2.07. The van der Waals surface area contributed by atoms with Crippen molar-refractivity contribution in [2.75, 3.05) is 13.2 Å². The van der Waals surface area contributed by atoms with Gasteiger partial charge in [-0.1, -0.05) is 0 Å². The predicted molar refractivity (Wildman–Crippen MR) is 74.8 cm³/mol. The highest BCUT2D eigenvalue weighted by Crippen LogP contribution is 2.59.